The van der Waals surface area contributed by atoms with Crippen LogP contribution < -0.4 is 4.90 Å². The number of nitrogens with zero attached hydrogens (tertiary/aromatic N) is 2. The number of carbonyl (C=O) groups excluding carboxylic acids is 2. The van der Waals surface area contributed by atoms with Crippen LogP contribution in [0.5, 0.6) is 0 Å². The lowest BCUT2D eigenvalue weighted by Crippen LogP contribution is -2.29. The Hall–Kier alpha value is -4.39. The molecule has 5 aromatic rings. The van der Waals surface area contributed by atoms with Crippen LogP contribution in [0.25, 0.3) is 27.5 Å². The lowest BCUT2D eigenvalue weighted by Gasteiger charge is -2.15. The van der Waals surface area contributed by atoms with Crippen LogP contribution in [0, 0.1) is 6.92 Å². The Bertz CT molecular complexity index is 1680. The Labute approximate surface area is 197 Å². The first-order chi connectivity index (χ1) is 16.8. The summed E-state index contributed by atoms with van der Waals surface area (Å²) in [5.41, 5.74) is 2.28. The molecule has 0 aliphatic carbocycles. The van der Waals surface area contributed by atoms with Gasteiger partial charge in [0.25, 0.3) is 11.8 Å². The zero-order chi connectivity index (χ0) is 24.5. The highest BCUT2D eigenvalue weighted by Gasteiger charge is 2.39. The number of aromatic nitrogens is 1. The van der Waals surface area contributed by atoms with Crippen LogP contribution in [0.4, 0.5) is 18.9 Å². The summed E-state index contributed by atoms with van der Waals surface area (Å²) in [6.45, 7) is 1.89. The van der Waals surface area contributed by atoms with Crippen molar-refractivity contribution in [3.8, 4) is 5.69 Å². The number of hydrogen-bond donors (Lipinski definition) is 0. The van der Waals surface area contributed by atoms with Gasteiger partial charge in [-0.15, -0.1) is 0 Å². The highest BCUT2D eigenvalue weighted by Crippen LogP contribution is 2.40. The Morgan fingerprint density at radius 3 is 2.11 bits per heavy atom. The normalized spacial score (nSPS) is 13.8. The van der Waals surface area contributed by atoms with Gasteiger partial charge in [0.2, 0.25) is 0 Å². The van der Waals surface area contributed by atoms with Crippen molar-refractivity contribution in [1.29, 1.82) is 0 Å². The van der Waals surface area contributed by atoms with Gasteiger partial charge in [-0.05, 0) is 55.0 Å². The molecule has 1 aromatic heterocycles. The molecule has 6 rings (SSSR count). The minimum Gasteiger partial charge on any atom is -0.308 e. The standard InChI is InChI=1S/C28H17F3N2O2/c1-16-10-12-19-20-13-11-17(28(29,30)31)15-24(20)33(23(19)14-16)22-9-5-8-21-25(22)27(35)32(26(21)34)18-6-3-2-4-7-18/h2-15H,1H3. The number of rotatable bonds is 2. The van der Waals surface area contributed by atoms with Crippen LogP contribution >= 0.6 is 0 Å². The summed E-state index contributed by atoms with van der Waals surface area (Å²) in [4.78, 5) is 27.9. The van der Waals surface area contributed by atoms with Crippen molar-refractivity contribution in [3.63, 3.8) is 0 Å². The first-order valence-corrected chi connectivity index (χ1v) is 10.9. The second kappa shape index (κ2) is 7.30. The van der Waals surface area contributed by atoms with Crippen LogP contribution in [0.3, 0.4) is 0 Å². The molecule has 0 unspecified atom stereocenters. The quantitative estimate of drug-likeness (QED) is 0.263. The van der Waals surface area contributed by atoms with Crippen molar-refractivity contribution < 1.29 is 22.8 Å². The molecule has 2 heterocycles. The van der Waals surface area contributed by atoms with E-state index < -0.39 is 23.6 Å². The van der Waals surface area contributed by atoms with Crippen LogP contribution in [-0.4, -0.2) is 16.4 Å². The molecule has 0 bridgehead atoms. The van der Waals surface area contributed by atoms with E-state index in [0.29, 0.717) is 27.8 Å². The maximum atomic E-state index is 13.6. The predicted octanol–water partition coefficient (Wildman–Crippen LogP) is 6.91. The Morgan fingerprint density at radius 2 is 1.40 bits per heavy atom. The largest absolute Gasteiger partial charge is 0.416 e. The van der Waals surface area contributed by atoms with Gasteiger partial charge >= 0.3 is 6.18 Å². The summed E-state index contributed by atoms with van der Waals surface area (Å²) in [6.07, 6.45) is -4.53. The number of para-hydroxylation sites is 1. The monoisotopic (exact) mass is 470 g/mol. The smallest absolute Gasteiger partial charge is 0.308 e. The zero-order valence-electron chi connectivity index (χ0n) is 18.4. The molecule has 0 N–H and O–H groups in total. The summed E-state index contributed by atoms with van der Waals surface area (Å²) in [6, 6.07) is 22.7. The highest BCUT2D eigenvalue weighted by atomic mass is 19.4. The SMILES string of the molecule is Cc1ccc2c3ccc(C(F)(F)F)cc3n(-c3cccc4c3C(=O)N(c3ccccc3)C4=O)c2c1. The average Bonchev–Trinajstić information content (AvgIpc) is 3.29. The molecule has 1 aliphatic heterocycles. The zero-order valence-corrected chi connectivity index (χ0v) is 18.4. The van der Waals surface area contributed by atoms with E-state index in [9.17, 15) is 22.8 Å². The number of aryl methyl sites for hydroxylation is 1. The van der Waals surface area contributed by atoms with E-state index in [1.54, 1.807) is 53.1 Å². The lowest BCUT2D eigenvalue weighted by atomic mass is 10.1. The molecule has 0 atom stereocenters. The molecular weight excluding hydrogens is 453 g/mol. The van der Waals surface area contributed by atoms with Crippen molar-refractivity contribution in [1.82, 2.24) is 4.57 Å². The lowest BCUT2D eigenvalue weighted by molar-refractivity contribution is -0.137. The number of anilines is 1. The number of carbonyl (C=O) groups is 2. The van der Waals surface area contributed by atoms with E-state index in [1.807, 2.05) is 25.1 Å². The van der Waals surface area contributed by atoms with Crippen molar-refractivity contribution in [2.45, 2.75) is 13.1 Å². The summed E-state index contributed by atoms with van der Waals surface area (Å²) in [7, 11) is 0. The van der Waals surface area contributed by atoms with Crippen molar-refractivity contribution >= 4 is 39.3 Å². The van der Waals surface area contributed by atoms with E-state index in [4.69, 9.17) is 0 Å². The number of fused-ring (bicyclic) bond motifs is 4. The second-order valence-corrected chi connectivity index (χ2v) is 8.57. The van der Waals surface area contributed by atoms with E-state index in [0.717, 1.165) is 28.0 Å². The summed E-state index contributed by atoms with van der Waals surface area (Å²) in [5, 5.41) is 1.39. The number of hydrogen-bond acceptors (Lipinski definition) is 2. The minimum atomic E-state index is -4.53. The Balaban J connectivity index is 1.68. The third kappa shape index (κ3) is 3.08. The average molecular weight is 470 g/mol. The molecule has 2 amide bonds. The molecule has 0 saturated heterocycles. The minimum absolute atomic E-state index is 0.166. The molecule has 0 spiro atoms. The summed E-state index contributed by atoms with van der Waals surface area (Å²) in [5.74, 6) is -0.979. The highest BCUT2D eigenvalue weighted by molar-refractivity contribution is 6.35. The number of alkyl halides is 3. The Morgan fingerprint density at radius 1 is 0.714 bits per heavy atom. The summed E-state index contributed by atoms with van der Waals surface area (Å²) >= 11 is 0. The van der Waals surface area contributed by atoms with E-state index in [2.05, 4.69) is 0 Å². The van der Waals surface area contributed by atoms with Crippen LogP contribution in [0.1, 0.15) is 31.8 Å². The first kappa shape index (κ1) is 21.2. The second-order valence-electron chi connectivity index (χ2n) is 8.57. The third-order valence-corrected chi connectivity index (χ3v) is 6.40. The molecule has 4 aromatic carbocycles. The van der Waals surface area contributed by atoms with Gasteiger partial charge in [-0.2, -0.15) is 13.2 Å². The van der Waals surface area contributed by atoms with Gasteiger partial charge in [-0.3, -0.25) is 9.59 Å². The fourth-order valence-electron chi connectivity index (χ4n) is 4.83. The third-order valence-electron chi connectivity index (χ3n) is 6.40. The molecule has 0 saturated carbocycles. The van der Waals surface area contributed by atoms with E-state index >= 15 is 0 Å². The van der Waals surface area contributed by atoms with Crippen molar-refractivity contribution in [2.75, 3.05) is 4.90 Å². The van der Waals surface area contributed by atoms with Crippen molar-refractivity contribution in [3.05, 3.63) is 107 Å². The van der Waals surface area contributed by atoms with Crippen LogP contribution in [-0.2, 0) is 6.18 Å². The molecule has 172 valence electrons. The van der Waals surface area contributed by atoms with Gasteiger partial charge in [0.05, 0.1) is 39.1 Å². The van der Waals surface area contributed by atoms with Gasteiger partial charge in [-0.1, -0.05) is 42.5 Å². The van der Waals surface area contributed by atoms with E-state index in [-0.39, 0.29) is 11.1 Å². The molecule has 1 aliphatic rings. The molecular formula is C28H17F3N2O2. The molecule has 0 radical (unpaired) electrons. The maximum absolute atomic E-state index is 13.6. The predicted molar refractivity (Wildman–Crippen MR) is 128 cm³/mol. The fraction of sp³-hybridized carbons (Fsp3) is 0.0714. The van der Waals surface area contributed by atoms with Gasteiger partial charge in [-0.25, -0.2) is 4.90 Å². The van der Waals surface area contributed by atoms with E-state index in [1.165, 1.54) is 6.07 Å². The van der Waals surface area contributed by atoms with Crippen LogP contribution in [0.15, 0.2) is 84.9 Å². The maximum Gasteiger partial charge on any atom is 0.416 e. The Kier molecular flexibility index (Phi) is 4.42. The van der Waals surface area contributed by atoms with Gasteiger partial charge in [0, 0.05) is 10.8 Å². The number of benzene rings is 4. The number of amides is 2. The van der Waals surface area contributed by atoms with Crippen LogP contribution in [0.2, 0.25) is 0 Å². The van der Waals surface area contributed by atoms with Gasteiger partial charge < -0.3 is 4.57 Å². The number of imide groups is 1. The van der Waals surface area contributed by atoms with Crippen molar-refractivity contribution in [2.24, 2.45) is 0 Å². The molecule has 4 nitrogen and oxygen atoms in total. The van der Waals surface area contributed by atoms with Gasteiger partial charge in [0.1, 0.15) is 0 Å². The topological polar surface area (TPSA) is 42.3 Å². The van der Waals surface area contributed by atoms with Gasteiger partial charge in [0.15, 0.2) is 0 Å². The number of halogens is 3. The molecule has 35 heavy (non-hydrogen) atoms. The fourth-order valence-corrected chi connectivity index (χ4v) is 4.83. The first-order valence-electron chi connectivity index (χ1n) is 10.9. The molecule has 0 fully saturated rings. The molecule has 7 heteroatoms. The summed E-state index contributed by atoms with van der Waals surface area (Å²) < 4.78 is 42.5.